The van der Waals surface area contributed by atoms with Crippen LogP contribution in [0.3, 0.4) is 0 Å². The van der Waals surface area contributed by atoms with Gasteiger partial charge < -0.3 is 0 Å². The number of hydrogen-bond acceptors (Lipinski definition) is 0. The summed E-state index contributed by atoms with van der Waals surface area (Å²) in [6, 6.07) is 26.9. The molecule has 0 spiro atoms. The van der Waals surface area contributed by atoms with Crippen molar-refractivity contribution in [3.8, 4) is 22.4 Å². The first kappa shape index (κ1) is 20.3. The lowest BCUT2D eigenvalue weighted by Crippen LogP contribution is -2.35. The molecule has 1 aromatic heterocycles. The second-order valence-electron chi connectivity index (χ2n) is 8.45. The predicted molar refractivity (Wildman–Crippen MR) is 129 cm³/mol. The normalized spacial score (nSPS) is 11.4. The molecule has 1 nitrogen and oxygen atoms in total. The van der Waals surface area contributed by atoms with Gasteiger partial charge in [0.15, 0.2) is 5.69 Å². The number of benzene rings is 3. The van der Waals surface area contributed by atoms with E-state index in [0.29, 0.717) is 5.92 Å². The molecule has 0 aliphatic rings. The summed E-state index contributed by atoms with van der Waals surface area (Å²) >= 11 is 0. The van der Waals surface area contributed by atoms with Gasteiger partial charge in [-0.15, -0.1) is 0 Å². The summed E-state index contributed by atoms with van der Waals surface area (Å²) in [5.41, 5.74) is 9.18. The molecule has 0 radical (unpaired) electrons. The Bertz CT molecular complexity index is 1180. The lowest BCUT2D eigenvalue weighted by Gasteiger charge is -2.16. The molecule has 152 valence electrons. The van der Waals surface area contributed by atoms with Gasteiger partial charge in [-0.05, 0) is 65.5 Å². The van der Waals surface area contributed by atoms with Crippen molar-refractivity contribution in [1.29, 1.82) is 0 Å². The molecule has 4 aromatic rings. The van der Waals surface area contributed by atoms with Crippen LogP contribution in [0.25, 0.3) is 33.2 Å². The van der Waals surface area contributed by atoms with Crippen LogP contribution in [0.15, 0.2) is 72.8 Å². The molecular formula is C29H32N+. The van der Waals surface area contributed by atoms with Crippen molar-refractivity contribution in [2.24, 2.45) is 7.05 Å². The van der Waals surface area contributed by atoms with E-state index >= 15 is 0 Å². The van der Waals surface area contributed by atoms with Crippen molar-refractivity contribution < 1.29 is 4.57 Å². The maximum absolute atomic E-state index is 2.42. The second-order valence-corrected chi connectivity index (χ2v) is 8.45. The molecule has 0 unspecified atom stereocenters. The van der Waals surface area contributed by atoms with E-state index in [2.05, 4.69) is 112 Å². The maximum Gasteiger partial charge on any atom is 0.220 e. The molecule has 0 atom stereocenters. The standard InChI is InChI=1S/C29H32N/c1-6-22(7-2)24-15-16-27-26(18-24)17-21(4)30(5)29(27)28-19-25(14-13-20(28)3)23-11-9-8-10-12-23/h8-19,22H,6-7H2,1-5H3/q+1. The zero-order valence-corrected chi connectivity index (χ0v) is 18.9. The van der Waals surface area contributed by atoms with Crippen molar-refractivity contribution in [2.75, 3.05) is 0 Å². The van der Waals surface area contributed by atoms with E-state index in [1.807, 2.05) is 0 Å². The van der Waals surface area contributed by atoms with Gasteiger partial charge in [0, 0.05) is 13.0 Å². The lowest BCUT2D eigenvalue weighted by molar-refractivity contribution is -0.665. The average Bonchev–Trinajstić information content (AvgIpc) is 2.77. The smallest absolute Gasteiger partial charge is 0.198 e. The van der Waals surface area contributed by atoms with E-state index < -0.39 is 0 Å². The SMILES string of the molecule is CCC(CC)c1ccc2c(-c3cc(-c4ccccc4)ccc3C)[n+](C)c(C)cc2c1. The molecule has 0 N–H and O–H groups in total. The topological polar surface area (TPSA) is 3.88 Å². The van der Waals surface area contributed by atoms with E-state index in [1.165, 1.54) is 62.8 Å². The summed E-state index contributed by atoms with van der Waals surface area (Å²) in [6.07, 6.45) is 2.37. The third kappa shape index (κ3) is 3.65. The van der Waals surface area contributed by atoms with Gasteiger partial charge in [-0.25, -0.2) is 0 Å². The Hall–Kier alpha value is -2.93. The summed E-state index contributed by atoms with van der Waals surface area (Å²) in [5.74, 6) is 0.634. The highest BCUT2D eigenvalue weighted by Crippen LogP contribution is 2.34. The van der Waals surface area contributed by atoms with Gasteiger partial charge in [0.2, 0.25) is 5.69 Å². The third-order valence-electron chi connectivity index (χ3n) is 6.62. The lowest BCUT2D eigenvalue weighted by atomic mass is 9.90. The molecule has 3 aromatic carbocycles. The molecule has 0 aliphatic heterocycles. The summed E-state index contributed by atoms with van der Waals surface area (Å²) in [4.78, 5) is 0. The minimum Gasteiger partial charge on any atom is -0.198 e. The van der Waals surface area contributed by atoms with Crippen molar-refractivity contribution in [1.82, 2.24) is 0 Å². The highest BCUT2D eigenvalue weighted by atomic mass is 14.9. The molecule has 1 heteroatoms. The van der Waals surface area contributed by atoms with Gasteiger partial charge in [-0.3, -0.25) is 0 Å². The summed E-state index contributed by atoms with van der Waals surface area (Å²) in [5, 5.41) is 2.67. The van der Waals surface area contributed by atoms with E-state index in [9.17, 15) is 0 Å². The van der Waals surface area contributed by atoms with E-state index in [0.717, 1.165) is 0 Å². The molecule has 0 aliphatic carbocycles. The van der Waals surface area contributed by atoms with Crippen LogP contribution in [0.1, 0.15) is 49.4 Å². The quantitative estimate of drug-likeness (QED) is 0.308. The van der Waals surface area contributed by atoms with Gasteiger partial charge in [-0.1, -0.05) is 68.4 Å². The largest absolute Gasteiger partial charge is 0.220 e. The summed E-state index contributed by atoms with van der Waals surface area (Å²) in [6.45, 7) is 9.01. The highest BCUT2D eigenvalue weighted by Gasteiger charge is 2.21. The van der Waals surface area contributed by atoms with E-state index in [-0.39, 0.29) is 0 Å². The minimum absolute atomic E-state index is 0.634. The first-order valence-electron chi connectivity index (χ1n) is 11.1. The fourth-order valence-corrected chi connectivity index (χ4v) is 4.62. The van der Waals surface area contributed by atoms with E-state index in [4.69, 9.17) is 0 Å². The summed E-state index contributed by atoms with van der Waals surface area (Å²) in [7, 11) is 2.19. The van der Waals surface area contributed by atoms with Crippen LogP contribution in [-0.4, -0.2) is 0 Å². The number of fused-ring (bicyclic) bond motifs is 1. The number of nitrogens with zero attached hydrogens (tertiary/aromatic N) is 1. The fourth-order valence-electron chi connectivity index (χ4n) is 4.62. The number of pyridine rings is 1. The first-order chi connectivity index (χ1) is 14.5. The second kappa shape index (κ2) is 8.44. The van der Waals surface area contributed by atoms with Crippen LogP contribution in [0.2, 0.25) is 0 Å². The van der Waals surface area contributed by atoms with Gasteiger partial charge in [0.1, 0.15) is 7.05 Å². The van der Waals surface area contributed by atoms with Crippen LogP contribution in [0.5, 0.6) is 0 Å². The van der Waals surface area contributed by atoms with Crippen LogP contribution in [0.4, 0.5) is 0 Å². The zero-order chi connectivity index (χ0) is 21.3. The van der Waals surface area contributed by atoms with Crippen molar-refractivity contribution in [2.45, 2.75) is 46.5 Å². The Kier molecular flexibility index (Phi) is 5.72. The van der Waals surface area contributed by atoms with Crippen molar-refractivity contribution in [3.63, 3.8) is 0 Å². The van der Waals surface area contributed by atoms with Gasteiger partial charge in [-0.2, -0.15) is 4.57 Å². The Balaban J connectivity index is 1.95. The molecule has 4 rings (SSSR count). The molecule has 0 saturated carbocycles. The van der Waals surface area contributed by atoms with Crippen LogP contribution < -0.4 is 4.57 Å². The number of hydrogen-bond donors (Lipinski definition) is 0. The average molecular weight is 395 g/mol. The Morgan fingerprint density at radius 2 is 1.50 bits per heavy atom. The molecule has 0 saturated heterocycles. The summed E-state index contributed by atoms with van der Waals surface area (Å²) < 4.78 is 2.34. The molecular weight excluding hydrogens is 362 g/mol. The number of aromatic nitrogens is 1. The fraction of sp³-hybridized carbons (Fsp3) is 0.276. The molecule has 1 heterocycles. The van der Waals surface area contributed by atoms with E-state index in [1.54, 1.807) is 0 Å². The Morgan fingerprint density at radius 3 is 2.20 bits per heavy atom. The van der Waals surface area contributed by atoms with Gasteiger partial charge >= 0.3 is 0 Å². The first-order valence-corrected chi connectivity index (χ1v) is 11.1. The maximum atomic E-state index is 2.42. The number of aryl methyl sites for hydroxylation is 2. The van der Waals surface area contributed by atoms with Gasteiger partial charge in [0.05, 0.1) is 10.9 Å². The van der Waals surface area contributed by atoms with Gasteiger partial charge in [0.25, 0.3) is 0 Å². The van der Waals surface area contributed by atoms with Crippen molar-refractivity contribution in [3.05, 3.63) is 89.6 Å². The zero-order valence-electron chi connectivity index (χ0n) is 18.9. The molecule has 0 fully saturated rings. The number of rotatable bonds is 5. The highest BCUT2D eigenvalue weighted by molar-refractivity contribution is 5.95. The molecule has 0 amide bonds. The predicted octanol–water partition coefficient (Wildman–Crippen LogP) is 7.52. The minimum atomic E-state index is 0.634. The molecule has 30 heavy (non-hydrogen) atoms. The Labute approximate surface area is 181 Å². The monoisotopic (exact) mass is 394 g/mol. The van der Waals surface area contributed by atoms with Crippen LogP contribution in [0, 0.1) is 13.8 Å². The van der Waals surface area contributed by atoms with Crippen LogP contribution >= 0.6 is 0 Å². The van der Waals surface area contributed by atoms with Crippen LogP contribution in [-0.2, 0) is 7.05 Å². The Morgan fingerprint density at radius 1 is 0.767 bits per heavy atom. The molecule has 0 bridgehead atoms. The van der Waals surface area contributed by atoms with Crippen molar-refractivity contribution >= 4 is 10.8 Å². The third-order valence-corrected chi connectivity index (χ3v) is 6.62.